The fourth-order valence-electron chi connectivity index (χ4n) is 2.68. The monoisotopic (exact) mass is 315 g/mol. The highest BCUT2D eigenvalue weighted by Crippen LogP contribution is 2.30. The van der Waals surface area contributed by atoms with Crippen LogP contribution in [0.3, 0.4) is 0 Å². The summed E-state index contributed by atoms with van der Waals surface area (Å²) in [7, 11) is 0. The first kappa shape index (κ1) is 9.84. The summed E-state index contributed by atoms with van der Waals surface area (Å²) < 4.78 is 1.22. The third kappa shape index (κ3) is 1.85. The van der Waals surface area contributed by atoms with Gasteiger partial charge in [-0.15, -0.1) is 0 Å². The van der Waals surface area contributed by atoms with Crippen molar-refractivity contribution >= 4 is 28.3 Å². The molecule has 3 nitrogen and oxygen atoms in total. The highest BCUT2D eigenvalue weighted by molar-refractivity contribution is 14.1. The molecule has 2 aliphatic heterocycles. The van der Waals surface area contributed by atoms with E-state index in [1.54, 1.807) is 0 Å². The minimum atomic E-state index is 0.684. The summed E-state index contributed by atoms with van der Waals surface area (Å²) in [5.74, 6) is 0.835. The van der Waals surface area contributed by atoms with Gasteiger partial charge in [-0.2, -0.15) is 0 Å². The van der Waals surface area contributed by atoms with Crippen molar-refractivity contribution < 1.29 is 0 Å². The number of anilines is 1. The van der Waals surface area contributed by atoms with Crippen LogP contribution < -0.4 is 10.2 Å². The molecule has 2 bridgehead atoms. The lowest BCUT2D eigenvalue weighted by Gasteiger charge is -2.26. The molecule has 0 spiro atoms. The van der Waals surface area contributed by atoms with E-state index in [1.165, 1.54) is 28.8 Å². The van der Waals surface area contributed by atoms with E-state index in [0.717, 1.165) is 12.5 Å². The molecule has 80 valence electrons. The van der Waals surface area contributed by atoms with E-state index >= 15 is 0 Å². The minimum absolute atomic E-state index is 0.684. The molecule has 3 rings (SSSR count). The molecule has 2 aliphatic rings. The Labute approximate surface area is 103 Å². The van der Waals surface area contributed by atoms with Gasteiger partial charge in [0.15, 0.2) is 0 Å². The highest BCUT2D eigenvalue weighted by Gasteiger charge is 2.35. The van der Waals surface area contributed by atoms with E-state index in [0.29, 0.717) is 6.04 Å². The van der Waals surface area contributed by atoms with Crippen LogP contribution in [-0.2, 0) is 0 Å². The van der Waals surface area contributed by atoms with Gasteiger partial charge in [0.05, 0.1) is 11.9 Å². The molecule has 2 saturated heterocycles. The molecular formula is C11H14IN3. The Balaban J connectivity index is 1.88. The third-order valence-electron chi connectivity index (χ3n) is 3.34. The predicted molar refractivity (Wildman–Crippen MR) is 69.1 cm³/mol. The first-order valence-electron chi connectivity index (χ1n) is 5.41. The molecule has 0 aliphatic carbocycles. The van der Waals surface area contributed by atoms with Gasteiger partial charge in [-0.05, 0) is 47.5 Å². The molecule has 2 atom stereocenters. The van der Waals surface area contributed by atoms with Crippen LogP contribution >= 0.6 is 22.6 Å². The average molecular weight is 315 g/mol. The number of hydrogen-bond acceptors (Lipinski definition) is 3. The highest BCUT2D eigenvalue weighted by atomic mass is 127. The molecule has 1 aromatic heterocycles. The summed E-state index contributed by atoms with van der Waals surface area (Å²) in [6.07, 6.45) is 5.24. The lowest BCUT2D eigenvalue weighted by atomic mass is 10.0. The van der Waals surface area contributed by atoms with E-state index in [1.807, 2.05) is 12.4 Å². The van der Waals surface area contributed by atoms with Crippen LogP contribution in [0.5, 0.6) is 0 Å². The second kappa shape index (κ2) is 3.90. The molecule has 2 unspecified atom stereocenters. The fraction of sp³-hybridized carbons (Fsp3) is 0.545. The Morgan fingerprint density at radius 2 is 2.33 bits per heavy atom. The fourth-order valence-corrected chi connectivity index (χ4v) is 3.16. The normalized spacial score (nSPS) is 29.5. The number of nitrogens with one attached hydrogen (secondary N) is 1. The number of hydrogen-bond donors (Lipinski definition) is 1. The zero-order valence-corrected chi connectivity index (χ0v) is 10.6. The molecule has 15 heavy (non-hydrogen) atoms. The molecular weight excluding hydrogens is 301 g/mol. The molecule has 4 heteroatoms. The predicted octanol–water partition coefficient (Wildman–Crippen LogP) is 1.48. The third-order valence-corrected chi connectivity index (χ3v) is 3.93. The van der Waals surface area contributed by atoms with Crippen LogP contribution in [0.15, 0.2) is 18.5 Å². The smallest absolute Gasteiger partial charge is 0.0566 e. The Hall–Kier alpha value is -0.360. The van der Waals surface area contributed by atoms with Crippen molar-refractivity contribution in [2.45, 2.75) is 12.5 Å². The first-order chi connectivity index (χ1) is 7.33. The standard InChI is InChI=1S/C11H14IN3/c12-9-2-11(6-14-4-9)15-7-8-1-10(15)5-13-3-8/h2,4,6,8,10,13H,1,3,5,7H2. The summed E-state index contributed by atoms with van der Waals surface area (Å²) in [5, 5.41) is 3.50. The average Bonchev–Trinajstić information content (AvgIpc) is 2.54. The van der Waals surface area contributed by atoms with E-state index in [2.05, 4.69) is 43.9 Å². The first-order valence-corrected chi connectivity index (χ1v) is 6.49. The van der Waals surface area contributed by atoms with Crippen LogP contribution in [0.1, 0.15) is 6.42 Å². The second-order valence-electron chi connectivity index (χ2n) is 4.43. The topological polar surface area (TPSA) is 28.2 Å². The van der Waals surface area contributed by atoms with E-state index in [-0.39, 0.29) is 0 Å². The number of pyridine rings is 1. The zero-order valence-electron chi connectivity index (χ0n) is 8.49. The van der Waals surface area contributed by atoms with E-state index < -0.39 is 0 Å². The van der Waals surface area contributed by atoms with Crippen molar-refractivity contribution in [3.63, 3.8) is 0 Å². The molecule has 2 fully saturated rings. The lowest BCUT2D eigenvalue weighted by Crippen LogP contribution is -2.39. The number of nitrogens with zero attached hydrogens (tertiary/aromatic N) is 2. The van der Waals surface area contributed by atoms with Gasteiger partial charge in [0, 0.05) is 28.9 Å². The quantitative estimate of drug-likeness (QED) is 0.796. The van der Waals surface area contributed by atoms with Crippen molar-refractivity contribution in [3.8, 4) is 0 Å². The Morgan fingerprint density at radius 3 is 3.13 bits per heavy atom. The van der Waals surface area contributed by atoms with Crippen molar-refractivity contribution in [1.82, 2.24) is 10.3 Å². The molecule has 0 aromatic carbocycles. The van der Waals surface area contributed by atoms with Gasteiger partial charge in [0.2, 0.25) is 0 Å². The van der Waals surface area contributed by atoms with Gasteiger partial charge in [0.1, 0.15) is 0 Å². The SMILES string of the molecule is Ic1cncc(N2CC3CNCC2C3)c1. The molecule has 3 heterocycles. The maximum Gasteiger partial charge on any atom is 0.0566 e. The van der Waals surface area contributed by atoms with Gasteiger partial charge in [0.25, 0.3) is 0 Å². The van der Waals surface area contributed by atoms with Gasteiger partial charge in [-0.1, -0.05) is 0 Å². The number of aromatic nitrogens is 1. The van der Waals surface area contributed by atoms with Gasteiger partial charge in [-0.25, -0.2) is 0 Å². The maximum atomic E-state index is 4.27. The molecule has 1 N–H and O–H groups in total. The number of fused-ring (bicyclic) bond motifs is 2. The van der Waals surface area contributed by atoms with Crippen molar-refractivity contribution in [2.24, 2.45) is 5.92 Å². The van der Waals surface area contributed by atoms with Gasteiger partial charge >= 0.3 is 0 Å². The molecule has 0 amide bonds. The van der Waals surface area contributed by atoms with Gasteiger partial charge in [-0.3, -0.25) is 4.98 Å². The van der Waals surface area contributed by atoms with Crippen LogP contribution in [0.4, 0.5) is 5.69 Å². The minimum Gasteiger partial charge on any atom is -0.366 e. The molecule has 1 aromatic rings. The Bertz CT molecular complexity index is 369. The zero-order chi connectivity index (χ0) is 10.3. The Morgan fingerprint density at radius 1 is 1.40 bits per heavy atom. The van der Waals surface area contributed by atoms with E-state index in [4.69, 9.17) is 0 Å². The van der Waals surface area contributed by atoms with Gasteiger partial charge < -0.3 is 10.2 Å². The number of rotatable bonds is 1. The molecule has 0 saturated carbocycles. The summed E-state index contributed by atoms with van der Waals surface area (Å²) in [6.45, 7) is 3.51. The summed E-state index contributed by atoms with van der Waals surface area (Å²) in [6, 6.07) is 2.91. The maximum absolute atomic E-state index is 4.27. The van der Waals surface area contributed by atoms with Crippen molar-refractivity contribution in [1.29, 1.82) is 0 Å². The van der Waals surface area contributed by atoms with Crippen LogP contribution in [0.25, 0.3) is 0 Å². The van der Waals surface area contributed by atoms with E-state index in [9.17, 15) is 0 Å². The van der Waals surface area contributed by atoms with Crippen LogP contribution in [-0.4, -0.2) is 30.7 Å². The second-order valence-corrected chi connectivity index (χ2v) is 5.67. The van der Waals surface area contributed by atoms with Crippen LogP contribution in [0.2, 0.25) is 0 Å². The Kier molecular flexibility index (Phi) is 2.56. The van der Waals surface area contributed by atoms with Crippen molar-refractivity contribution in [2.75, 3.05) is 24.5 Å². The molecule has 0 radical (unpaired) electrons. The number of piperidine rings is 1. The largest absolute Gasteiger partial charge is 0.366 e. The van der Waals surface area contributed by atoms with Crippen LogP contribution in [0, 0.1) is 9.49 Å². The number of halogens is 1. The lowest BCUT2D eigenvalue weighted by molar-refractivity contribution is 0.434. The summed E-state index contributed by atoms with van der Waals surface area (Å²) in [5.41, 5.74) is 1.29. The van der Waals surface area contributed by atoms with Crippen molar-refractivity contribution in [3.05, 3.63) is 22.0 Å². The summed E-state index contributed by atoms with van der Waals surface area (Å²) >= 11 is 2.33. The summed E-state index contributed by atoms with van der Waals surface area (Å²) in [4.78, 5) is 6.79.